The Bertz CT molecular complexity index is 1190. The van der Waals surface area contributed by atoms with Gasteiger partial charge >= 0.3 is 5.97 Å². The van der Waals surface area contributed by atoms with Crippen LogP contribution in [0.5, 0.6) is 5.75 Å². The summed E-state index contributed by atoms with van der Waals surface area (Å²) in [7, 11) is 0. The molecule has 3 aromatic carbocycles. The number of hydrogen-bond acceptors (Lipinski definition) is 3. The molecule has 1 aromatic heterocycles. The fourth-order valence-corrected chi connectivity index (χ4v) is 3.45. The molecule has 146 valence electrons. The Morgan fingerprint density at radius 1 is 1.03 bits per heavy atom. The molecule has 7 heteroatoms. The molecule has 0 fully saturated rings. The van der Waals surface area contributed by atoms with Crippen LogP contribution in [0.1, 0.15) is 21.5 Å². The molecule has 0 atom stereocenters. The SMILES string of the molecule is O=C(O)c1cccc2c1cnn2Cc1cc(Cl)ccc1OCc1ccc(Cl)cc1. The zero-order valence-electron chi connectivity index (χ0n) is 15.2. The molecule has 0 spiro atoms. The average molecular weight is 427 g/mol. The second-order valence-corrected chi connectivity index (χ2v) is 7.39. The van der Waals surface area contributed by atoms with Crippen molar-refractivity contribution < 1.29 is 14.6 Å². The second kappa shape index (κ2) is 8.15. The normalized spacial score (nSPS) is 11.0. The van der Waals surface area contributed by atoms with Gasteiger partial charge < -0.3 is 9.84 Å². The summed E-state index contributed by atoms with van der Waals surface area (Å²) in [5.74, 6) is -0.299. The number of rotatable bonds is 6. The number of carboxylic acids is 1. The van der Waals surface area contributed by atoms with Gasteiger partial charge in [-0.1, -0.05) is 41.4 Å². The van der Waals surface area contributed by atoms with Gasteiger partial charge in [-0.2, -0.15) is 5.10 Å². The van der Waals surface area contributed by atoms with Crippen molar-refractivity contribution in [2.75, 3.05) is 0 Å². The van der Waals surface area contributed by atoms with E-state index in [1.807, 2.05) is 42.5 Å². The van der Waals surface area contributed by atoms with Crippen molar-refractivity contribution in [3.63, 3.8) is 0 Å². The lowest BCUT2D eigenvalue weighted by Gasteiger charge is -2.13. The van der Waals surface area contributed by atoms with Gasteiger partial charge in [0.2, 0.25) is 0 Å². The minimum atomic E-state index is -0.982. The van der Waals surface area contributed by atoms with Crippen LogP contribution in [-0.2, 0) is 13.2 Å². The zero-order chi connectivity index (χ0) is 20.4. The van der Waals surface area contributed by atoms with Gasteiger partial charge in [-0.25, -0.2) is 4.79 Å². The summed E-state index contributed by atoms with van der Waals surface area (Å²) in [6.07, 6.45) is 1.57. The van der Waals surface area contributed by atoms with Gasteiger partial charge in [0.25, 0.3) is 0 Å². The molecule has 0 aliphatic rings. The third kappa shape index (κ3) is 4.21. The molecule has 0 radical (unpaired) electrons. The van der Waals surface area contributed by atoms with Crippen LogP contribution in [-0.4, -0.2) is 20.9 Å². The maximum Gasteiger partial charge on any atom is 0.336 e. The molecule has 0 aliphatic heterocycles. The molecule has 5 nitrogen and oxygen atoms in total. The van der Waals surface area contributed by atoms with Gasteiger partial charge in [-0.05, 0) is 48.0 Å². The van der Waals surface area contributed by atoms with Crippen LogP contribution < -0.4 is 4.74 Å². The number of halogens is 2. The lowest BCUT2D eigenvalue weighted by molar-refractivity contribution is 0.0699. The van der Waals surface area contributed by atoms with Gasteiger partial charge in [0.05, 0.1) is 23.8 Å². The lowest BCUT2D eigenvalue weighted by Crippen LogP contribution is -2.05. The quantitative estimate of drug-likeness (QED) is 0.431. The largest absolute Gasteiger partial charge is 0.489 e. The Balaban J connectivity index is 1.63. The molecule has 4 aromatic rings. The first-order valence-electron chi connectivity index (χ1n) is 8.85. The number of hydrogen-bond donors (Lipinski definition) is 1. The van der Waals surface area contributed by atoms with Crippen molar-refractivity contribution in [3.8, 4) is 5.75 Å². The smallest absolute Gasteiger partial charge is 0.336 e. The predicted octanol–water partition coefficient (Wildman–Crippen LogP) is 5.67. The Morgan fingerprint density at radius 3 is 2.55 bits per heavy atom. The summed E-state index contributed by atoms with van der Waals surface area (Å²) in [5, 5.41) is 15.6. The predicted molar refractivity (Wildman–Crippen MR) is 113 cm³/mol. The summed E-state index contributed by atoms with van der Waals surface area (Å²) in [6, 6.07) is 18.0. The summed E-state index contributed by atoms with van der Waals surface area (Å²) >= 11 is 12.1. The number of carboxylic acid groups (broad SMARTS) is 1. The highest BCUT2D eigenvalue weighted by molar-refractivity contribution is 6.30. The Labute approximate surface area is 177 Å². The van der Waals surface area contributed by atoms with Crippen molar-refractivity contribution >= 4 is 40.1 Å². The topological polar surface area (TPSA) is 64.3 Å². The summed E-state index contributed by atoms with van der Waals surface area (Å²) < 4.78 is 7.74. The van der Waals surface area contributed by atoms with Crippen molar-refractivity contribution in [1.82, 2.24) is 9.78 Å². The Morgan fingerprint density at radius 2 is 1.79 bits per heavy atom. The summed E-state index contributed by atoms with van der Waals surface area (Å²) in [5.41, 5.74) is 2.79. The van der Waals surface area contributed by atoms with E-state index >= 15 is 0 Å². The van der Waals surface area contributed by atoms with Gasteiger partial charge in [0, 0.05) is 21.0 Å². The second-order valence-electron chi connectivity index (χ2n) is 6.51. The highest BCUT2D eigenvalue weighted by atomic mass is 35.5. The van der Waals surface area contributed by atoms with Crippen LogP contribution in [0.2, 0.25) is 10.0 Å². The number of ether oxygens (including phenoxy) is 1. The van der Waals surface area contributed by atoms with Gasteiger partial charge in [0.15, 0.2) is 0 Å². The number of aromatic carboxylic acids is 1. The maximum absolute atomic E-state index is 11.4. The van der Waals surface area contributed by atoms with Crippen LogP contribution in [0.25, 0.3) is 10.9 Å². The molecule has 1 N–H and O–H groups in total. The number of fused-ring (bicyclic) bond motifs is 1. The van der Waals surface area contributed by atoms with Gasteiger partial charge in [-0.3, -0.25) is 4.68 Å². The van der Waals surface area contributed by atoms with Crippen molar-refractivity contribution in [3.05, 3.63) is 93.6 Å². The van der Waals surface area contributed by atoms with E-state index in [0.29, 0.717) is 34.3 Å². The molecule has 0 saturated heterocycles. The first-order valence-corrected chi connectivity index (χ1v) is 9.60. The highest BCUT2D eigenvalue weighted by Gasteiger charge is 2.14. The fourth-order valence-electron chi connectivity index (χ4n) is 3.13. The zero-order valence-corrected chi connectivity index (χ0v) is 16.7. The van der Waals surface area contributed by atoms with E-state index in [-0.39, 0.29) is 5.56 Å². The first-order chi connectivity index (χ1) is 14.0. The molecule has 0 saturated carbocycles. The number of aromatic nitrogens is 2. The first kappa shape index (κ1) is 19.3. The Kier molecular flexibility index (Phi) is 5.43. The van der Waals surface area contributed by atoms with E-state index in [9.17, 15) is 9.90 Å². The van der Waals surface area contributed by atoms with E-state index in [4.69, 9.17) is 27.9 Å². The Hall–Kier alpha value is -3.02. The monoisotopic (exact) mass is 426 g/mol. The van der Waals surface area contributed by atoms with E-state index in [0.717, 1.165) is 16.6 Å². The van der Waals surface area contributed by atoms with Crippen LogP contribution >= 0.6 is 23.2 Å². The number of benzene rings is 3. The number of nitrogens with zero attached hydrogens (tertiary/aromatic N) is 2. The minimum absolute atomic E-state index is 0.221. The summed E-state index contributed by atoms with van der Waals surface area (Å²) in [6.45, 7) is 0.776. The molecule has 4 rings (SSSR count). The molecule has 0 amide bonds. The summed E-state index contributed by atoms with van der Waals surface area (Å²) in [4.78, 5) is 11.4. The molecular formula is C22H16Cl2N2O3. The van der Waals surface area contributed by atoms with Crippen molar-refractivity contribution in [2.24, 2.45) is 0 Å². The van der Waals surface area contributed by atoms with Gasteiger partial charge in [-0.15, -0.1) is 0 Å². The molecule has 0 aliphatic carbocycles. The maximum atomic E-state index is 11.4. The van der Waals surface area contributed by atoms with Crippen molar-refractivity contribution in [1.29, 1.82) is 0 Å². The van der Waals surface area contributed by atoms with E-state index in [2.05, 4.69) is 5.10 Å². The van der Waals surface area contributed by atoms with Crippen molar-refractivity contribution in [2.45, 2.75) is 13.2 Å². The molecular weight excluding hydrogens is 411 g/mol. The molecule has 0 unspecified atom stereocenters. The molecule has 29 heavy (non-hydrogen) atoms. The van der Waals surface area contributed by atoms with E-state index < -0.39 is 5.97 Å². The van der Waals surface area contributed by atoms with E-state index in [1.165, 1.54) is 0 Å². The molecule has 0 bridgehead atoms. The van der Waals surface area contributed by atoms with Gasteiger partial charge in [0.1, 0.15) is 12.4 Å². The lowest BCUT2D eigenvalue weighted by atomic mass is 10.1. The van der Waals surface area contributed by atoms with Crippen LogP contribution in [0.4, 0.5) is 0 Å². The third-order valence-corrected chi connectivity index (χ3v) is 5.06. The highest BCUT2D eigenvalue weighted by Crippen LogP contribution is 2.27. The standard InChI is InChI=1S/C22H16Cl2N2O3/c23-16-6-4-14(5-7-16)13-29-21-9-8-17(24)10-15(21)12-26-20-3-1-2-18(22(27)28)19(20)11-25-26/h1-11H,12-13H2,(H,27,28). The molecule has 1 heterocycles. The number of carbonyl (C=O) groups is 1. The van der Waals surface area contributed by atoms with Crippen LogP contribution in [0.3, 0.4) is 0 Å². The van der Waals surface area contributed by atoms with Crippen LogP contribution in [0.15, 0.2) is 66.9 Å². The fraction of sp³-hybridized carbons (Fsp3) is 0.0909. The average Bonchev–Trinajstić information content (AvgIpc) is 3.11. The third-order valence-electron chi connectivity index (χ3n) is 4.57. The minimum Gasteiger partial charge on any atom is -0.489 e. The van der Waals surface area contributed by atoms with Crippen LogP contribution in [0, 0.1) is 0 Å². The van der Waals surface area contributed by atoms with E-state index in [1.54, 1.807) is 29.1 Å².